The van der Waals surface area contributed by atoms with E-state index in [2.05, 4.69) is 10.6 Å². The van der Waals surface area contributed by atoms with Gasteiger partial charge in [0.15, 0.2) is 0 Å². The normalized spacial score (nSPS) is 11.9. The molecule has 1 unspecified atom stereocenters. The molecular formula is C21H29N3O3. The molecule has 0 bridgehead atoms. The number of carbonyl (C=O) groups is 2. The minimum Gasteiger partial charge on any atom is -0.491 e. The van der Waals surface area contributed by atoms with Crippen molar-refractivity contribution in [2.24, 2.45) is 0 Å². The highest BCUT2D eigenvalue weighted by atomic mass is 16.5. The lowest BCUT2D eigenvalue weighted by atomic mass is 10.0. The minimum absolute atomic E-state index is 0.0287. The summed E-state index contributed by atoms with van der Waals surface area (Å²) >= 11 is 0. The minimum atomic E-state index is -0.589. The molecule has 2 rings (SSSR count). The van der Waals surface area contributed by atoms with Crippen LogP contribution >= 0.6 is 0 Å². The standard InChI is InChI=1S/C21H29N3O3/c1-6-24(5)20(25)15(4)23-21(26)22-13-18-17-10-8-7-9-16(17)11-12-19(18)27-14(2)3/h7-12,14-15H,6,13H2,1-5H3,(H2,22,23,26). The fourth-order valence-electron chi connectivity index (χ4n) is 2.83. The van der Waals surface area contributed by atoms with Gasteiger partial charge >= 0.3 is 6.03 Å². The second kappa shape index (κ2) is 9.26. The number of ether oxygens (including phenoxy) is 1. The molecule has 0 fully saturated rings. The Hall–Kier alpha value is -2.76. The molecule has 0 saturated carbocycles. The first-order valence-electron chi connectivity index (χ1n) is 9.30. The van der Waals surface area contributed by atoms with Gasteiger partial charge in [0.05, 0.1) is 6.10 Å². The van der Waals surface area contributed by atoms with Gasteiger partial charge in [-0.2, -0.15) is 0 Å². The third kappa shape index (κ3) is 5.36. The molecule has 2 aromatic rings. The molecule has 0 heterocycles. The summed E-state index contributed by atoms with van der Waals surface area (Å²) in [4.78, 5) is 25.9. The van der Waals surface area contributed by atoms with Gasteiger partial charge in [-0.1, -0.05) is 30.3 Å². The van der Waals surface area contributed by atoms with Crippen molar-refractivity contribution in [1.29, 1.82) is 0 Å². The summed E-state index contributed by atoms with van der Waals surface area (Å²) in [7, 11) is 1.71. The number of hydrogen-bond donors (Lipinski definition) is 2. The number of rotatable bonds is 7. The second-order valence-electron chi connectivity index (χ2n) is 6.83. The third-order valence-electron chi connectivity index (χ3n) is 4.35. The van der Waals surface area contributed by atoms with Crippen LogP contribution in [0.25, 0.3) is 10.8 Å². The van der Waals surface area contributed by atoms with E-state index in [1.807, 2.05) is 57.2 Å². The van der Waals surface area contributed by atoms with Gasteiger partial charge in [0.2, 0.25) is 5.91 Å². The Kier molecular flexibility index (Phi) is 7.05. The number of benzene rings is 2. The molecule has 0 radical (unpaired) electrons. The molecule has 0 aliphatic rings. The molecule has 0 aliphatic carbocycles. The highest BCUT2D eigenvalue weighted by Crippen LogP contribution is 2.28. The molecule has 2 N–H and O–H groups in total. The maximum absolute atomic E-state index is 12.3. The van der Waals surface area contributed by atoms with Crippen LogP contribution < -0.4 is 15.4 Å². The van der Waals surface area contributed by atoms with E-state index in [0.29, 0.717) is 13.1 Å². The summed E-state index contributed by atoms with van der Waals surface area (Å²) in [6.07, 6.45) is 0.0287. The quantitative estimate of drug-likeness (QED) is 0.785. The second-order valence-corrected chi connectivity index (χ2v) is 6.83. The van der Waals surface area contributed by atoms with E-state index >= 15 is 0 Å². The zero-order chi connectivity index (χ0) is 20.0. The summed E-state index contributed by atoms with van der Waals surface area (Å²) < 4.78 is 5.92. The van der Waals surface area contributed by atoms with Gasteiger partial charge in [0, 0.05) is 25.7 Å². The summed E-state index contributed by atoms with van der Waals surface area (Å²) in [5, 5.41) is 7.65. The Labute approximate surface area is 160 Å². The van der Waals surface area contributed by atoms with Crippen molar-refractivity contribution in [3.8, 4) is 5.75 Å². The first-order valence-corrected chi connectivity index (χ1v) is 9.30. The van der Waals surface area contributed by atoms with E-state index < -0.39 is 6.04 Å². The van der Waals surface area contributed by atoms with Crippen LogP contribution in [-0.2, 0) is 11.3 Å². The summed E-state index contributed by atoms with van der Waals surface area (Å²) in [5.41, 5.74) is 0.918. The SMILES string of the molecule is CCN(C)C(=O)C(C)NC(=O)NCc1c(OC(C)C)ccc2ccccc12. The fraction of sp³-hybridized carbons (Fsp3) is 0.429. The van der Waals surface area contributed by atoms with Crippen LogP contribution in [0.5, 0.6) is 5.75 Å². The predicted molar refractivity (Wildman–Crippen MR) is 108 cm³/mol. The average Bonchev–Trinajstić information content (AvgIpc) is 2.65. The molecular weight excluding hydrogens is 342 g/mol. The molecule has 0 spiro atoms. The van der Waals surface area contributed by atoms with Crippen LogP contribution in [0, 0.1) is 0 Å². The molecule has 146 valence electrons. The van der Waals surface area contributed by atoms with Gasteiger partial charge in [-0.3, -0.25) is 4.79 Å². The highest BCUT2D eigenvalue weighted by Gasteiger charge is 2.19. The largest absolute Gasteiger partial charge is 0.491 e. The predicted octanol–water partition coefficient (Wildman–Crippen LogP) is 3.29. The average molecular weight is 371 g/mol. The Bertz CT molecular complexity index is 804. The van der Waals surface area contributed by atoms with Gasteiger partial charge in [-0.25, -0.2) is 4.79 Å². The number of carbonyl (C=O) groups excluding carboxylic acids is 2. The van der Waals surface area contributed by atoms with Crippen molar-refractivity contribution in [3.05, 3.63) is 42.0 Å². The Morgan fingerprint density at radius 2 is 1.81 bits per heavy atom. The maximum Gasteiger partial charge on any atom is 0.315 e. The van der Waals surface area contributed by atoms with Crippen LogP contribution in [0.4, 0.5) is 4.79 Å². The smallest absolute Gasteiger partial charge is 0.315 e. The number of fused-ring (bicyclic) bond motifs is 1. The summed E-state index contributed by atoms with van der Waals surface area (Å²) in [6.45, 7) is 8.41. The van der Waals surface area contributed by atoms with E-state index in [9.17, 15) is 9.59 Å². The zero-order valence-electron chi connectivity index (χ0n) is 16.7. The molecule has 6 nitrogen and oxygen atoms in total. The fourth-order valence-corrected chi connectivity index (χ4v) is 2.83. The Morgan fingerprint density at radius 3 is 2.48 bits per heavy atom. The van der Waals surface area contributed by atoms with E-state index in [-0.39, 0.29) is 18.0 Å². The molecule has 27 heavy (non-hydrogen) atoms. The van der Waals surface area contributed by atoms with Crippen molar-refractivity contribution in [2.75, 3.05) is 13.6 Å². The van der Waals surface area contributed by atoms with Crippen LogP contribution in [-0.4, -0.2) is 42.6 Å². The van der Waals surface area contributed by atoms with Crippen LogP contribution in [0.2, 0.25) is 0 Å². The third-order valence-corrected chi connectivity index (χ3v) is 4.35. The van der Waals surface area contributed by atoms with Crippen molar-refractivity contribution in [1.82, 2.24) is 15.5 Å². The van der Waals surface area contributed by atoms with Crippen molar-refractivity contribution < 1.29 is 14.3 Å². The molecule has 2 aromatic carbocycles. The monoisotopic (exact) mass is 371 g/mol. The lowest BCUT2D eigenvalue weighted by Crippen LogP contribution is -2.48. The van der Waals surface area contributed by atoms with Crippen molar-refractivity contribution in [2.45, 2.75) is 46.4 Å². The maximum atomic E-state index is 12.3. The van der Waals surface area contributed by atoms with Crippen LogP contribution in [0.15, 0.2) is 36.4 Å². The van der Waals surface area contributed by atoms with Gasteiger partial charge in [0.25, 0.3) is 0 Å². The summed E-state index contributed by atoms with van der Waals surface area (Å²) in [6, 6.07) is 11.0. The topological polar surface area (TPSA) is 70.7 Å². The van der Waals surface area contributed by atoms with E-state index in [4.69, 9.17) is 4.74 Å². The van der Waals surface area contributed by atoms with Crippen molar-refractivity contribution >= 4 is 22.7 Å². The Morgan fingerprint density at radius 1 is 1.11 bits per heavy atom. The first-order chi connectivity index (χ1) is 12.8. The lowest BCUT2D eigenvalue weighted by Gasteiger charge is -2.21. The highest BCUT2D eigenvalue weighted by molar-refractivity contribution is 5.89. The Balaban J connectivity index is 2.13. The van der Waals surface area contributed by atoms with Crippen LogP contribution in [0.1, 0.15) is 33.3 Å². The lowest BCUT2D eigenvalue weighted by molar-refractivity contribution is -0.131. The van der Waals surface area contributed by atoms with E-state index in [0.717, 1.165) is 22.1 Å². The number of hydrogen-bond acceptors (Lipinski definition) is 3. The van der Waals surface area contributed by atoms with Crippen molar-refractivity contribution in [3.63, 3.8) is 0 Å². The molecule has 0 saturated heterocycles. The van der Waals surface area contributed by atoms with Gasteiger partial charge in [-0.15, -0.1) is 0 Å². The van der Waals surface area contributed by atoms with E-state index in [1.165, 1.54) is 0 Å². The molecule has 0 aliphatic heterocycles. The van der Waals surface area contributed by atoms with Crippen LogP contribution in [0.3, 0.4) is 0 Å². The molecule has 0 aromatic heterocycles. The van der Waals surface area contributed by atoms with E-state index in [1.54, 1.807) is 18.9 Å². The van der Waals surface area contributed by atoms with Gasteiger partial charge < -0.3 is 20.3 Å². The number of urea groups is 1. The first kappa shape index (κ1) is 20.6. The molecule has 3 amide bonds. The number of amides is 3. The summed E-state index contributed by atoms with van der Waals surface area (Å²) in [5.74, 6) is 0.625. The molecule has 6 heteroatoms. The number of nitrogens with one attached hydrogen (secondary N) is 2. The number of nitrogens with zero attached hydrogens (tertiary/aromatic N) is 1. The molecule has 1 atom stereocenters. The zero-order valence-corrected chi connectivity index (χ0v) is 16.7. The van der Waals surface area contributed by atoms with Gasteiger partial charge in [-0.05, 0) is 44.5 Å². The number of likely N-dealkylation sites (N-methyl/N-ethyl adjacent to an activating group) is 1. The van der Waals surface area contributed by atoms with Gasteiger partial charge in [0.1, 0.15) is 11.8 Å².